The van der Waals surface area contributed by atoms with Crippen molar-refractivity contribution in [1.29, 1.82) is 0 Å². The Labute approximate surface area is 398 Å². The first-order valence-corrected chi connectivity index (χ1v) is 28.3. The van der Waals surface area contributed by atoms with Gasteiger partial charge in [-0.3, -0.25) is 9.59 Å². The third kappa shape index (κ3) is 49.5. The summed E-state index contributed by atoms with van der Waals surface area (Å²) in [4.78, 5) is 24.5. The van der Waals surface area contributed by atoms with Crippen LogP contribution in [0.4, 0.5) is 0 Å². The predicted octanol–water partition coefficient (Wildman–Crippen LogP) is 17.2. The minimum atomic E-state index is -0.868. The number of allylic oxidation sites excluding steroid dienone is 5. The maximum absolute atomic E-state index is 12.5. The van der Waals surface area contributed by atoms with Crippen LogP contribution in [0.3, 0.4) is 0 Å². The van der Waals surface area contributed by atoms with Crippen molar-refractivity contribution in [3.63, 3.8) is 0 Å². The lowest BCUT2D eigenvalue weighted by atomic mass is 10.0. The SMILES string of the molecule is CCCCCCCCC/C=C\CCCCCCCC(=O)OCCCC/C=C\CCCCCCC(=O)NC(CO)C(O)/C=C/CCCCCCCCCCCCCCCCCCCCC. The summed E-state index contributed by atoms with van der Waals surface area (Å²) in [6.45, 7) is 4.82. The number of carbonyl (C=O) groups excluding carboxylic acids is 2. The summed E-state index contributed by atoms with van der Waals surface area (Å²) >= 11 is 0. The molecular formula is C58H109NO5. The predicted molar refractivity (Wildman–Crippen MR) is 278 cm³/mol. The number of nitrogens with one attached hydrogen (secondary N) is 1. The highest BCUT2D eigenvalue weighted by Crippen LogP contribution is 2.16. The molecule has 2 atom stereocenters. The van der Waals surface area contributed by atoms with Crippen molar-refractivity contribution in [3.8, 4) is 0 Å². The van der Waals surface area contributed by atoms with E-state index in [1.807, 2.05) is 6.08 Å². The van der Waals surface area contributed by atoms with Crippen molar-refractivity contribution >= 4 is 11.9 Å². The number of aliphatic hydroxyl groups excluding tert-OH is 2. The van der Waals surface area contributed by atoms with Crippen LogP contribution in [0.2, 0.25) is 0 Å². The van der Waals surface area contributed by atoms with Crippen LogP contribution in [0.1, 0.15) is 296 Å². The van der Waals surface area contributed by atoms with E-state index in [2.05, 4.69) is 43.5 Å². The number of unbranched alkanes of at least 4 members (excludes halogenated alkanes) is 37. The summed E-state index contributed by atoms with van der Waals surface area (Å²) in [6, 6.07) is -0.655. The summed E-state index contributed by atoms with van der Waals surface area (Å²) in [5, 5.41) is 23.1. The maximum Gasteiger partial charge on any atom is 0.305 e. The highest BCUT2D eigenvalue weighted by molar-refractivity contribution is 5.76. The lowest BCUT2D eigenvalue weighted by molar-refractivity contribution is -0.143. The number of rotatable bonds is 52. The summed E-state index contributed by atoms with van der Waals surface area (Å²) in [5.74, 6) is -0.148. The number of hydrogen-bond donors (Lipinski definition) is 3. The van der Waals surface area contributed by atoms with Crippen molar-refractivity contribution in [3.05, 3.63) is 36.5 Å². The Bertz CT molecular complexity index is 1040. The molecule has 0 aliphatic heterocycles. The van der Waals surface area contributed by atoms with Crippen LogP contribution in [0, 0.1) is 0 Å². The molecule has 64 heavy (non-hydrogen) atoms. The molecule has 3 N–H and O–H groups in total. The van der Waals surface area contributed by atoms with Crippen LogP contribution >= 0.6 is 0 Å². The third-order valence-corrected chi connectivity index (χ3v) is 12.9. The fourth-order valence-corrected chi connectivity index (χ4v) is 8.50. The van der Waals surface area contributed by atoms with Crippen LogP contribution in [0.25, 0.3) is 0 Å². The highest BCUT2D eigenvalue weighted by Gasteiger charge is 2.18. The summed E-state index contributed by atoms with van der Waals surface area (Å²) in [6.07, 6.45) is 65.9. The van der Waals surface area contributed by atoms with Crippen LogP contribution in [-0.2, 0) is 14.3 Å². The van der Waals surface area contributed by atoms with E-state index in [0.717, 1.165) is 77.0 Å². The minimum absolute atomic E-state index is 0.0456. The number of hydrogen-bond acceptors (Lipinski definition) is 5. The van der Waals surface area contributed by atoms with Crippen molar-refractivity contribution in [1.82, 2.24) is 5.32 Å². The van der Waals surface area contributed by atoms with Gasteiger partial charge in [0.25, 0.3) is 0 Å². The third-order valence-electron chi connectivity index (χ3n) is 12.9. The van der Waals surface area contributed by atoms with Gasteiger partial charge in [-0.2, -0.15) is 0 Å². The molecule has 0 radical (unpaired) electrons. The molecule has 376 valence electrons. The van der Waals surface area contributed by atoms with Gasteiger partial charge in [0.15, 0.2) is 0 Å². The van der Waals surface area contributed by atoms with E-state index in [1.54, 1.807) is 6.08 Å². The van der Waals surface area contributed by atoms with Gasteiger partial charge in [0.2, 0.25) is 5.91 Å². The van der Waals surface area contributed by atoms with E-state index < -0.39 is 12.1 Å². The highest BCUT2D eigenvalue weighted by atomic mass is 16.5. The second-order valence-corrected chi connectivity index (χ2v) is 19.3. The van der Waals surface area contributed by atoms with Gasteiger partial charge in [-0.1, -0.05) is 237 Å². The molecule has 6 nitrogen and oxygen atoms in total. The molecule has 0 aliphatic carbocycles. The molecule has 0 rings (SSSR count). The molecule has 0 bridgehead atoms. The number of amides is 1. The Hall–Kier alpha value is -1.92. The largest absolute Gasteiger partial charge is 0.466 e. The van der Waals surface area contributed by atoms with Crippen LogP contribution < -0.4 is 5.32 Å². The summed E-state index contributed by atoms with van der Waals surface area (Å²) in [5.41, 5.74) is 0. The second-order valence-electron chi connectivity index (χ2n) is 19.3. The molecule has 0 aromatic carbocycles. The fraction of sp³-hybridized carbons (Fsp3) is 0.862. The Morgan fingerprint density at radius 3 is 1.11 bits per heavy atom. The van der Waals surface area contributed by atoms with Crippen molar-refractivity contribution in [2.24, 2.45) is 0 Å². The lowest BCUT2D eigenvalue weighted by Gasteiger charge is -2.20. The van der Waals surface area contributed by atoms with Crippen LogP contribution in [-0.4, -0.2) is 47.4 Å². The van der Waals surface area contributed by atoms with Gasteiger partial charge >= 0.3 is 5.97 Å². The number of ether oxygens (including phenoxy) is 1. The second kappa shape index (κ2) is 53.7. The zero-order valence-electron chi connectivity index (χ0n) is 42.8. The minimum Gasteiger partial charge on any atom is -0.466 e. The van der Waals surface area contributed by atoms with E-state index in [4.69, 9.17) is 4.74 Å². The van der Waals surface area contributed by atoms with E-state index in [0.29, 0.717) is 19.4 Å². The van der Waals surface area contributed by atoms with Gasteiger partial charge in [0.1, 0.15) is 0 Å². The topological polar surface area (TPSA) is 95.9 Å². The fourth-order valence-electron chi connectivity index (χ4n) is 8.50. The van der Waals surface area contributed by atoms with Gasteiger partial charge in [-0.25, -0.2) is 0 Å². The zero-order chi connectivity index (χ0) is 46.5. The molecule has 2 unspecified atom stereocenters. The molecule has 0 saturated heterocycles. The maximum atomic E-state index is 12.5. The van der Waals surface area contributed by atoms with Crippen molar-refractivity contribution < 1.29 is 24.5 Å². The first-order chi connectivity index (χ1) is 31.5. The first kappa shape index (κ1) is 62.1. The van der Waals surface area contributed by atoms with Gasteiger partial charge in [-0.15, -0.1) is 0 Å². The normalized spacial score (nSPS) is 12.9. The van der Waals surface area contributed by atoms with Gasteiger partial charge in [0, 0.05) is 12.8 Å². The standard InChI is InChI=1S/C58H109NO5/c1-3-5-7-9-11-13-15-17-19-21-22-23-24-25-26-28-30-34-38-42-46-50-56(61)55(54-60)59-57(62)51-47-43-39-35-32-33-37-41-45-49-53-64-58(63)52-48-44-40-36-31-29-27-20-18-16-14-12-10-8-6-4-2/h20,27,33,37,46,50,55-56,60-61H,3-19,21-26,28-32,34-36,38-45,47-49,51-54H2,1-2H3,(H,59,62)/b27-20-,37-33-,50-46+. The molecule has 0 aliphatic rings. The van der Waals surface area contributed by atoms with Crippen molar-refractivity contribution in [2.45, 2.75) is 309 Å². The van der Waals surface area contributed by atoms with Gasteiger partial charge in [0.05, 0.1) is 25.4 Å². The van der Waals surface area contributed by atoms with E-state index in [1.165, 1.54) is 193 Å². The van der Waals surface area contributed by atoms with E-state index in [-0.39, 0.29) is 18.5 Å². The molecule has 0 saturated carbocycles. The molecule has 6 heteroatoms. The molecule has 0 aromatic heterocycles. The van der Waals surface area contributed by atoms with Gasteiger partial charge in [-0.05, 0) is 83.5 Å². The monoisotopic (exact) mass is 900 g/mol. The Morgan fingerprint density at radius 2 is 0.734 bits per heavy atom. The molecule has 0 aromatic rings. The molecule has 0 heterocycles. The zero-order valence-corrected chi connectivity index (χ0v) is 42.8. The molecule has 1 amide bonds. The van der Waals surface area contributed by atoms with Crippen LogP contribution in [0.15, 0.2) is 36.5 Å². The number of carbonyl (C=O) groups is 2. The van der Waals surface area contributed by atoms with E-state index >= 15 is 0 Å². The van der Waals surface area contributed by atoms with Crippen molar-refractivity contribution in [2.75, 3.05) is 13.2 Å². The van der Waals surface area contributed by atoms with Crippen LogP contribution in [0.5, 0.6) is 0 Å². The molecule has 0 fully saturated rings. The van der Waals surface area contributed by atoms with Gasteiger partial charge < -0.3 is 20.3 Å². The molecular weight excluding hydrogens is 791 g/mol. The Morgan fingerprint density at radius 1 is 0.422 bits per heavy atom. The number of esters is 1. The average molecular weight is 901 g/mol. The number of aliphatic hydroxyl groups is 2. The summed E-state index contributed by atoms with van der Waals surface area (Å²) < 4.78 is 5.44. The molecule has 0 spiro atoms. The lowest BCUT2D eigenvalue weighted by Crippen LogP contribution is -2.45. The average Bonchev–Trinajstić information content (AvgIpc) is 3.29. The first-order valence-electron chi connectivity index (χ1n) is 28.3. The Balaban J connectivity index is 3.56. The quantitative estimate of drug-likeness (QED) is 0.0321. The summed E-state index contributed by atoms with van der Waals surface area (Å²) in [7, 11) is 0. The van der Waals surface area contributed by atoms with E-state index in [9.17, 15) is 19.8 Å². The Kier molecular flexibility index (Phi) is 52.1. The smallest absolute Gasteiger partial charge is 0.305 e.